The topological polar surface area (TPSA) is 60.7 Å². The van der Waals surface area contributed by atoms with Crippen LogP contribution in [-0.4, -0.2) is 28.0 Å². The van der Waals surface area contributed by atoms with Crippen molar-refractivity contribution in [2.75, 3.05) is 6.61 Å². The van der Waals surface area contributed by atoms with E-state index in [4.69, 9.17) is 10.2 Å². The second kappa shape index (κ2) is 5.85. The molecule has 0 saturated carbocycles. The Bertz CT molecular complexity index is 279. The summed E-state index contributed by atoms with van der Waals surface area (Å²) in [5.41, 5.74) is 1.93. The van der Waals surface area contributed by atoms with E-state index in [1.807, 2.05) is 24.3 Å². The quantitative estimate of drug-likeness (QED) is 0.671. The van der Waals surface area contributed by atoms with Crippen LogP contribution in [0, 0.1) is 5.92 Å². The molecule has 84 valence electrons. The Hall–Kier alpha value is -0.900. The lowest BCUT2D eigenvalue weighted by atomic mass is 9.95. The highest BCUT2D eigenvalue weighted by Gasteiger charge is 2.14. The number of benzene rings is 1. The van der Waals surface area contributed by atoms with E-state index in [-0.39, 0.29) is 19.1 Å². The maximum absolute atomic E-state index is 9.37. The number of aliphatic hydroxyl groups is 3. The Morgan fingerprint density at radius 1 is 1.07 bits per heavy atom. The van der Waals surface area contributed by atoms with Gasteiger partial charge in [-0.1, -0.05) is 24.3 Å². The van der Waals surface area contributed by atoms with Crippen molar-refractivity contribution in [3.8, 4) is 0 Å². The van der Waals surface area contributed by atoms with Crippen molar-refractivity contribution in [3.63, 3.8) is 0 Å². The van der Waals surface area contributed by atoms with Gasteiger partial charge in [0.1, 0.15) is 0 Å². The van der Waals surface area contributed by atoms with E-state index in [1.165, 1.54) is 0 Å². The molecule has 15 heavy (non-hydrogen) atoms. The third kappa shape index (κ3) is 3.63. The zero-order valence-corrected chi connectivity index (χ0v) is 8.93. The zero-order chi connectivity index (χ0) is 11.3. The normalized spacial score (nSPS) is 14.9. The molecule has 0 heterocycles. The summed E-state index contributed by atoms with van der Waals surface area (Å²) in [6, 6.07) is 7.53. The predicted molar refractivity (Wildman–Crippen MR) is 58.3 cm³/mol. The van der Waals surface area contributed by atoms with Crippen molar-refractivity contribution in [1.29, 1.82) is 0 Å². The molecule has 0 bridgehead atoms. The van der Waals surface area contributed by atoms with E-state index in [0.29, 0.717) is 6.42 Å². The van der Waals surface area contributed by atoms with Crippen LogP contribution in [0.4, 0.5) is 0 Å². The average Bonchev–Trinajstić information content (AvgIpc) is 2.26. The minimum atomic E-state index is -0.507. The molecule has 3 nitrogen and oxygen atoms in total. The van der Waals surface area contributed by atoms with E-state index >= 15 is 0 Å². The third-order valence-electron chi connectivity index (χ3n) is 2.62. The summed E-state index contributed by atoms with van der Waals surface area (Å²) >= 11 is 0. The van der Waals surface area contributed by atoms with Gasteiger partial charge in [-0.3, -0.25) is 0 Å². The SMILES string of the molecule is CC(O)C(CO)Cc1ccc(CO)cc1. The van der Waals surface area contributed by atoms with Crippen LogP contribution in [0.15, 0.2) is 24.3 Å². The first-order chi connectivity index (χ1) is 7.17. The van der Waals surface area contributed by atoms with Crippen molar-refractivity contribution in [3.05, 3.63) is 35.4 Å². The highest BCUT2D eigenvalue weighted by atomic mass is 16.3. The van der Waals surface area contributed by atoms with Crippen LogP contribution in [0.25, 0.3) is 0 Å². The summed E-state index contributed by atoms with van der Waals surface area (Å²) < 4.78 is 0. The first-order valence-electron chi connectivity index (χ1n) is 5.15. The lowest BCUT2D eigenvalue weighted by molar-refractivity contribution is 0.0810. The number of hydrogen-bond donors (Lipinski definition) is 3. The van der Waals surface area contributed by atoms with Gasteiger partial charge in [-0.25, -0.2) is 0 Å². The molecule has 0 radical (unpaired) electrons. The van der Waals surface area contributed by atoms with Crippen molar-refractivity contribution < 1.29 is 15.3 Å². The molecule has 0 aliphatic heterocycles. The maximum Gasteiger partial charge on any atom is 0.0681 e. The lowest BCUT2D eigenvalue weighted by Crippen LogP contribution is -2.22. The summed E-state index contributed by atoms with van der Waals surface area (Å²) in [7, 11) is 0. The number of aliphatic hydroxyl groups excluding tert-OH is 3. The predicted octanol–water partition coefficient (Wildman–Crippen LogP) is 0.711. The van der Waals surface area contributed by atoms with Crippen LogP contribution in [0.1, 0.15) is 18.1 Å². The number of hydrogen-bond acceptors (Lipinski definition) is 3. The van der Waals surface area contributed by atoms with Crippen molar-refractivity contribution in [1.82, 2.24) is 0 Å². The van der Waals surface area contributed by atoms with Crippen molar-refractivity contribution in [2.24, 2.45) is 5.92 Å². The standard InChI is InChI=1S/C12H18O3/c1-9(15)12(8-14)6-10-2-4-11(7-13)5-3-10/h2-5,9,12-15H,6-8H2,1H3. The Morgan fingerprint density at radius 3 is 2.00 bits per heavy atom. The van der Waals surface area contributed by atoms with Gasteiger partial charge in [0, 0.05) is 12.5 Å². The summed E-state index contributed by atoms with van der Waals surface area (Å²) in [4.78, 5) is 0. The molecular formula is C12H18O3. The van der Waals surface area contributed by atoms with Crippen LogP contribution in [0.3, 0.4) is 0 Å². The van der Waals surface area contributed by atoms with E-state index < -0.39 is 6.10 Å². The Kier molecular flexibility index (Phi) is 4.75. The van der Waals surface area contributed by atoms with Gasteiger partial charge in [0.05, 0.1) is 12.7 Å². The fraction of sp³-hybridized carbons (Fsp3) is 0.500. The molecule has 0 aliphatic carbocycles. The molecule has 3 N–H and O–H groups in total. The van der Waals surface area contributed by atoms with E-state index in [9.17, 15) is 5.11 Å². The van der Waals surface area contributed by atoms with Crippen LogP contribution < -0.4 is 0 Å². The smallest absolute Gasteiger partial charge is 0.0681 e. The van der Waals surface area contributed by atoms with Gasteiger partial charge in [-0.05, 0) is 24.5 Å². The second-order valence-electron chi connectivity index (χ2n) is 3.86. The minimum absolute atomic E-state index is 0.0145. The first-order valence-corrected chi connectivity index (χ1v) is 5.15. The molecule has 1 rings (SSSR count). The molecule has 1 aromatic carbocycles. The minimum Gasteiger partial charge on any atom is -0.396 e. The maximum atomic E-state index is 9.37. The average molecular weight is 210 g/mol. The second-order valence-corrected chi connectivity index (χ2v) is 3.86. The molecule has 3 heteroatoms. The molecule has 2 unspecified atom stereocenters. The summed E-state index contributed by atoms with van der Waals surface area (Å²) in [5.74, 6) is -0.120. The first kappa shape index (κ1) is 12.2. The zero-order valence-electron chi connectivity index (χ0n) is 8.93. The lowest BCUT2D eigenvalue weighted by Gasteiger charge is -2.17. The highest BCUT2D eigenvalue weighted by molar-refractivity contribution is 5.22. The fourth-order valence-electron chi connectivity index (χ4n) is 1.47. The van der Waals surface area contributed by atoms with Gasteiger partial charge in [0.15, 0.2) is 0 Å². The van der Waals surface area contributed by atoms with Crippen molar-refractivity contribution in [2.45, 2.75) is 26.1 Å². The molecule has 0 fully saturated rings. The van der Waals surface area contributed by atoms with Crippen LogP contribution in [0.2, 0.25) is 0 Å². The monoisotopic (exact) mass is 210 g/mol. The van der Waals surface area contributed by atoms with Crippen molar-refractivity contribution >= 4 is 0 Å². The molecular weight excluding hydrogens is 192 g/mol. The summed E-state index contributed by atoms with van der Waals surface area (Å²) in [6.07, 6.45) is 0.146. The van der Waals surface area contributed by atoms with E-state index in [2.05, 4.69) is 0 Å². The molecule has 1 aromatic rings. The Labute approximate surface area is 90.0 Å². The molecule has 0 spiro atoms. The Balaban J connectivity index is 2.63. The highest BCUT2D eigenvalue weighted by Crippen LogP contribution is 2.13. The van der Waals surface area contributed by atoms with Gasteiger partial charge in [-0.2, -0.15) is 0 Å². The van der Waals surface area contributed by atoms with Gasteiger partial charge < -0.3 is 15.3 Å². The van der Waals surface area contributed by atoms with Gasteiger partial charge >= 0.3 is 0 Å². The van der Waals surface area contributed by atoms with E-state index in [0.717, 1.165) is 11.1 Å². The third-order valence-corrected chi connectivity index (χ3v) is 2.62. The largest absolute Gasteiger partial charge is 0.396 e. The number of rotatable bonds is 5. The van der Waals surface area contributed by atoms with Gasteiger partial charge in [0.2, 0.25) is 0 Å². The Morgan fingerprint density at radius 2 is 1.60 bits per heavy atom. The molecule has 0 aromatic heterocycles. The van der Waals surface area contributed by atoms with Crippen LogP contribution in [-0.2, 0) is 13.0 Å². The van der Waals surface area contributed by atoms with Crippen LogP contribution >= 0.6 is 0 Å². The van der Waals surface area contributed by atoms with E-state index in [1.54, 1.807) is 6.92 Å². The van der Waals surface area contributed by atoms with Gasteiger partial charge in [0.25, 0.3) is 0 Å². The molecule has 2 atom stereocenters. The summed E-state index contributed by atoms with van der Waals surface area (Å²) in [5, 5.41) is 27.3. The molecule has 0 saturated heterocycles. The molecule has 0 amide bonds. The molecule has 0 aliphatic rings. The van der Waals surface area contributed by atoms with Crippen LogP contribution in [0.5, 0.6) is 0 Å². The van der Waals surface area contributed by atoms with Gasteiger partial charge in [-0.15, -0.1) is 0 Å². The summed E-state index contributed by atoms with van der Waals surface area (Å²) in [6.45, 7) is 1.71. The fourth-order valence-corrected chi connectivity index (χ4v) is 1.47.